The maximum Gasteiger partial charge on any atom is 0.0984 e. The molecule has 4 heteroatoms. The van der Waals surface area contributed by atoms with Crippen LogP contribution in [0.15, 0.2) is 0 Å². The highest BCUT2D eigenvalue weighted by atomic mass is 15.3. The number of hydrogen-bond acceptors (Lipinski definition) is 3. The summed E-state index contributed by atoms with van der Waals surface area (Å²) in [5.74, 6) is 1.15. The van der Waals surface area contributed by atoms with Crippen molar-refractivity contribution in [2.45, 2.75) is 13.8 Å². The molecule has 1 rings (SSSR count). The lowest BCUT2D eigenvalue weighted by atomic mass is 10.1. The molecule has 1 heterocycles. The Morgan fingerprint density at radius 3 is 2.19 bits per heavy atom. The number of nitrogens with one attached hydrogen (secondary N) is 1. The summed E-state index contributed by atoms with van der Waals surface area (Å²) in [5, 5.41) is 7.97. The van der Waals surface area contributed by atoms with Gasteiger partial charge in [-0.05, 0) is 14.1 Å². The van der Waals surface area contributed by atoms with Crippen LogP contribution in [-0.2, 0) is 0 Å². The zero-order valence-corrected chi connectivity index (χ0v) is 11.2. The van der Waals surface area contributed by atoms with Crippen molar-refractivity contribution in [1.82, 2.24) is 14.7 Å². The summed E-state index contributed by atoms with van der Waals surface area (Å²) in [5.41, 5.74) is 0. The van der Waals surface area contributed by atoms with Crippen LogP contribution in [-0.4, -0.2) is 73.9 Å². The first-order valence-electron chi connectivity index (χ1n) is 6.21. The van der Waals surface area contributed by atoms with Gasteiger partial charge in [0.15, 0.2) is 0 Å². The first-order chi connectivity index (χ1) is 7.50. The number of rotatable bonds is 4. The minimum atomic E-state index is 0.355. The van der Waals surface area contributed by atoms with Crippen LogP contribution in [0.25, 0.3) is 0 Å². The fraction of sp³-hybridized carbons (Fsp3) is 0.917. The quantitative estimate of drug-likeness (QED) is 0.568. The maximum absolute atomic E-state index is 7.97. The molecule has 0 atom stereocenters. The summed E-state index contributed by atoms with van der Waals surface area (Å²) in [6.45, 7) is 10.7. The molecule has 0 aliphatic carbocycles. The molecule has 1 N–H and O–H groups in total. The van der Waals surface area contributed by atoms with Crippen molar-refractivity contribution < 1.29 is 0 Å². The van der Waals surface area contributed by atoms with E-state index in [1.165, 1.54) is 0 Å². The average molecular weight is 226 g/mol. The van der Waals surface area contributed by atoms with E-state index in [4.69, 9.17) is 5.41 Å². The molecule has 1 fully saturated rings. The van der Waals surface area contributed by atoms with E-state index in [1.54, 1.807) is 0 Å². The van der Waals surface area contributed by atoms with Crippen molar-refractivity contribution in [3.05, 3.63) is 0 Å². The first kappa shape index (κ1) is 13.5. The molecule has 94 valence electrons. The largest absolute Gasteiger partial charge is 0.358 e. The maximum atomic E-state index is 7.97. The third-order valence-electron chi connectivity index (χ3n) is 3.12. The van der Waals surface area contributed by atoms with Crippen molar-refractivity contribution in [2.75, 3.05) is 53.4 Å². The van der Waals surface area contributed by atoms with Crippen molar-refractivity contribution in [1.29, 1.82) is 5.41 Å². The second-order valence-corrected chi connectivity index (χ2v) is 5.17. The number of amidine groups is 1. The first-order valence-corrected chi connectivity index (χ1v) is 6.21. The fourth-order valence-corrected chi connectivity index (χ4v) is 1.92. The Bertz CT molecular complexity index is 217. The van der Waals surface area contributed by atoms with Gasteiger partial charge in [-0.1, -0.05) is 13.8 Å². The van der Waals surface area contributed by atoms with Crippen LogP contribution in [0.5, 0.6) is 0 Å². The monoisotopic (exact) mass is 226 g/mol. The molecule has 1 aliphatic rings. The van der Waals surface area contributed by atoms with E-state index in [9.17, 15) is 0 Å². The van der Waals surface area contributed by atoms with Gasteiger partial charge in [0.25, 0.3) is 0 Å². The third kappa shape index (κ3) is 4.10. The molecule has 1 aliphatic heterocycles. The normalized spacial score (nSPS) is 18.5. The molecule has 0 spiro atoms. The molecule has 0 aromatic heterocycles. The number of likely N-dealkylation sites (N-methyl/N-ethyl adjacent to an activating group) is 1. The molecule has 0 amide bonds. The zero-order chi connectivity index (χ0) is 12.1. The molecule has 16 heavy (non-hydrogen) atoms. The second-order valence-electron chi connectivity index (χ2n) is 5.17. The lowest BCUT2D eigenvalue weighted by Gasteiger charge is -2.37. The molecule has 0 aromatic rings. The molecule has 0 bridgehead atoms. The lowest BCUT2D eigenvalue weighted by molar-refractivity contribution is 0.166. The predicted octanol–water partition coefficient (Wildman–Crippen LogP) is 0.799. The van der Waals surface area contributed by atoms with E-state index in [1.807, 2.05) is 0 Å². The van der Waals surface area contributed by atoms with Crippen molar-refractivity contribution >= 4 is 5.84 Å². The smallest absolute Gasteiger partial charge is 0.0984 e. The molecular weight excluding hydrogens is 200 g/mol. The van der Waals surface area contributed by atoms with Crippen molar-refractivity contribution in [3.8, 4) is 0 Å². The summed E-state index contributed by atoms with van der Waals surface area (Å²) in [4.78, 5) is 6.93. The standard InChI is InChI=1S/C12H26N4/c1-11(2)12(13)16-9-7-15(8-10-16)6-5-14(3)4/h11,13H,5-10H2,1-4H3. The average Bonchev–Trinajstić information content (AvgIpc) is 2.26. The number of hydrogen-bond donors (Lipinski definition) is 1. The Morgan fingerprint density at radius 2 is 1.75 bits per heavy atom. The number of nitrogens with zero attached hydrogens (tertiary/aromatic N) is 3. The van der Waals surface area contributed by atoms with Gasteiger partial charge in [0.05, 0.1) is 5.84 Å². The Hall–Kier alpha value is -0.610. The van der Waals surface area contributed by atoms with Crippen LogP contribution in [0, 0.1) is 11.3 Å². The SMILES string of the molecule is CC(C)C(=N)N1CCN(CCN(C)C)CC1. The molecule has 0 radical (unpaired) electrons. The predicted molar refractivity (Wildman–Crippen MR) is 69.1 cm³/mol. The van der Waals surface area contributed by atoms with Crippen LogP contribution < -0.4 is 0 Å². The highest BCUT2D eigenvalue weighted by molar-refractivity contribution is 5.81. The van der Waals surface area contributed by atoms with Crippen molar-refractivity contribution in [2.24, 2.45) is 5.92 Å². The van der Waals surface area contributed by atoms with Crippen LogP contribution in [0.1, 0.15) is 13.8 Å². The molecule has 0 saturated carbocycles. The highest BCUT2D eigenvalue weighted by Crippen LogP contribution is 2.07. The lowest BCUT2D eigenvalue weighted by Crippen LogP contribution is -2.50. The van der Waals surface area contributed by atoms with Crippen LogP contribution >= 0.6 is 0 Å². The highest BCUT2D eigenvalue weighted by Gasteiger charge is 2.19. The second kappa shape index (κ2) is 6.21. The van der Waals surface area contributed by atoms with E-state index in [-0.39, 0.29) is 0 Å². The molecular formula is C12H26N4. The van der Waals surface area contributed by atoms with Crippen LogP contribution in [0.3, 0.4) is 0 Å². The Labute approximate surface area is 99.7 Å². The molecule has 4 nitrogen and oxygen atoms in total. The van der Waals surface area contributed by atoms with E-state index >= 15 is 0 Å². The Kier molecular flexibility index (Phi) is 5.22. The fourth-order valence-electron chi connectivity index (χ4n) is 1.92. The van der Waals surface area contributed by atoms with E-state index in [0.717, 1.165) is 45.1 Å². The van der Waals surface area contributed by atoms with Crippen molar-refractivity contribution in [3.63, 3.8) is 0 Å². The van der Waals surface area contributed by atoms with Gasteiger partial charge in [-0.15, -0.1) is 0 Å². The number of piperazine rings is 1. The van der Waals surface area contributed by atoms with Gasteiger partial charge >= 0.3 is 0 Å². The van der Waals surface area contributed by atoms with Crippen LogP contribution in [0.2, 0.25) is 0 Å². The minimum absolute atomic E-state index is 0.355. The summed E-state index contributed by atoms with van der Waals surface area (Å²) in [7, 11) is 4.23. The van der Waals surface area contributed by atoms with Gasteiger partial charge in [-0.25, -0.2) is 0 Å². The molecule has 1 saturated heterocycles. The van der Waals surface area contributed by atoms with Crippen LogP contribution in [0.4, 0.5) is 0 Å². The summed E-state index contributed by atoms with van der Waals surface area (Å²) >= 11 is 0. The van der Waals surface area contributed by atoms with Gasteiger partial charge in [0.2, 0.25) is 0 Å². The Balaban J connectivity index is 2.26. The van der Waals surface area contributed by atoms with E-state index < -0.39 is 0 Å². The summed E-state index contributed by atoms with van der Waals surface area (Å²) < 4.78 is 0. The third-order valence-corrected chi connectivity index (χ3v) is 3.12. The zero-order valence-electron chi connectivity index (χ0n) is 11.2. The van der Waals surface area contributed by atoms with E-state index in [0.29, 0.717) is 5.92 Å². The van der Waals surface area contributed by atoms with Gasteiger partial charge in [0, 0.05) is 45.2 Å². The minimum Gasteiger partial charge on any atom is -0.358 e. The van der Waals surface area contributed by atoms with Gasteiger partial charge in [-0.3, -0.25) is 10.3 Å². The van der Waals surface area contributed by atoms with Gasteiger partial charge in [0.1, 0.15) is 0 Å². The molecule has 0 unspecified atom stereocenters. The van der Waals surface area contributed by atoms with Gasteiger partial charge < -0.3 is 9.80 Å². The summed E-state index contributed by atoms with van der Waals surface area (Å²) in [6.07, 6.45) is 0. The van der Waals surface area contributed by atoms with Gasteiger partial charge in [-0.2, -0.15) is 0 Å². The van der Waals surface area contributed by atoms with E-state index in [2.05, 4.69) is 42.6 Å². The topological polar surface area (TPSA) is 33.6 Å². The molecule has 0 aromatic carbocycles. The summed E-state index contributed by atoms with van der Waals surface area (Å²) in [6, 6.07) is 0. The Morgan fingerprint density at radius 1 is 1.19 bits per heavy atom.